The Morgan fingerprint density at radius 3 is 2.74 bits per heavy atom. The van der Waals surface area contributed by atoms with E-state index in [1.54, 1.807) is 0 Å². The van der Waals surface area contributed by atoms with E-state index in [1.807, 2.05) is 31.2 Å². The van der Waals surface area contributed by atoms with Gasteiger partial charge in [0.1, 0.15) is 0 Å². The van der Waals surface area contributed by atoms with Crippen molar-refractivity contribution >= 4 is 47.0 Å². The number of thiazole rings is 1. The molecule has 0 saturated heterocycles. The van der Waals surface area contributed by atoms with Crippen LogP contribution in [0.4, 0.5) is 18.9 Å². The van der Waals surface area contributed by atoms with Crippen molar-refractivity contribution in [1.29, 1.82) is 0 Å². The number of benzene rings is 1. The fraction of sp³-hybridized carbons (Fsp3) is 0.286. The Labute approximate surface area is 153 Å². The number of hydrogen-bond acceptors (Lipinski definition) is 3. The van der Waals surface area contributed by atoms with Crippen molar-refractivity contribution in [3.63, 3.8) is 0 Å². The summed E-state index contributed by atoms with van der Waals surface area (Å²) in [6.07, 6.45) is -4.08. The summed E-state index contributed by atoms with van der Waals surface area (Å²) >= 11 is 0.972. The molecule has 1 aromatic heterocycles. The molecule has 0 aliphatic carbocycles. The van der Waals surface area contributed by atoms with Crippen LogP contribution in [-0.4, -0.2) is 17.5 Å². The van der Waals surface area contributed by atoms with Gasteiger partial charge in [-0.25, -0.2) is 4.98 Å². The smallest absolute Gasteiger partial charge is 0.370 e. The molecule has 0 aliphatic heterocycles. The lowest BCUT2D eigenvalue weighted by Crippen LogP contribution is -2.23. The van der Waals surface area contributed by atoms with E-state index in [0.29, 0.717) is 11.4 Å². The first kappa shape index (κ1) is 19.7. The number of hydrogen-bond donors (Lipinski definition) is 2. The topological polar surface area (TPSA) is 63.3 Å². The van der Waals surface area contributed by atoms with Gasteiger partial charge in [-0.05, 0) is 24.6 Å². The van der Waals surface area contributed by atoms with Crippen molar-refractivity contribution < 1.29 is 13.2 Å². The van der Waals surface area contributed by atoms with E-state index in [2.05, 4.69) is 15.3 Å². The summed E-state index contributed by atoms with van der Waals surface area (Å²) < 4.78 is 37.2. The fourth-order valence-electron chi connectivity index (χ4n) is 1.74. The first-order valence-corrected chi connectivity index (χ1v) is 7.38. The third-order valence-corrected chi connectivity index (χ3v) is 3.65. The Morgan fingerprint density at radius 2 is 2.13 bits per heavy atom. The van der Waals surface area contributed by atoms with E-state index in [0.717, 1.165) is 28.0 Å². The lowest BCUT2D eigenvalue weighted by atomic mass is 10.2. The normalized spacial score (nSPS) is 11.9. The quantitative estimate of drug-likeness (QED) is 0.415. The lowest BCUT2D eigenvalue weighted by Gasteiger charge is -2.06. The Morgan fingerprint density at radius 1 is 1.39 bits per heavy atom. The van der Waals surface area contributed by atoms with Crippen LogP contribution in [-0.2, 0) is 12.6 Å². The predicted molar refractivity (Wildman–Crippen MR) is 97.5 cm³/mol. The number of anilines is 1. The summed E-state index contributed by atoms with van der Waals surface area (Å²) in [5.74, 6) is 0.221. The number of halogens is 4. The highest BCUT2D eigenvalue weighted by atomic mass is 127. The van der Waals surface area contributed by atoms with Gasteiger partial charge in [-0.2, -0.15) is 13.2 Å². The van der Waals surface area contributed by atoms with Crippen LogP contribution in [0.3, 0.4) is 0 Å². The van der Waals surface area contributed by atoms with Gasteiger partial charge in [0.05, 0.1) is 5.01 Å². The van der Waals surface area contributed by atoms with Crippen LogP contribution in [0.5, 0.6) is 0 Å². The van der Waals surface area contributed by atoms with E-state index >= 15 is 0 Å². The van der Waals surface area contributed by atoms with Gasteiger partial charge in [-0.1, -0.05) is 12.1 Å². The first-order valence-electron chi connectivity index (χ1n) is 6.50. The van der Waals surface area contributed by atoms with E-state index in [1.165, 1.54) is 0 Å². The summed E-state index contributed by atoms with van der Waals surface area (Å²) in [5, 5.41) is 4.32. The highest BCUT2D eigenvalue weighted by molar-refractivity contribution is 14.0. The number of aromatic nitrogens is 1. The molecule has 126 valence electrons. The van der Waals surface area contributed by atoms with Gasteiger partial charge in [0.2, 0.25) is 0 Å². The van der Waals surface area contributed by atoms with Crippen molar-refractivity contribution in [3.8, 4) is 0 Å². The van der Waals surface area contributed by atoms with E-state index in [9.17, 15) is 13.2 Å². The van der Waals surface area contributed by atoms with Crippen molar-refractivity contribution in [2.45, 2.75) is 19.5 Å². The molecule has 4 nitrogen and oxygen atoms in total. The van der Waals surface area contributed by atoms with Crippen LogP contribution in [0, 0.1) is 6.92 Å². The lowest BCUT2D eigenvalue weighted by molar-refractivity contribution is -0.140. The second kappa shape index (κ2) is 8.48. The molecule has 9 heteroatoms. The van der Waals surface area contributed by atoms with Gasteiger partial charge in [0.25, 0.3) is 0 Å². The summed E-state index contributed by atoms with van der Waals surface area (Å²) in [6.45, 7) is 2.23. The monoisotopic (exact) mass is 456 g/mol. The molecule has 0 bridgehead atoms. The summed E-state index contributed by atoms with van der Waals surface area (Å²) in [4.78, 5) is 7.62. The molecule has 0 atom stereocenters. The van der Waals surface area contributed by atoms with Gasteiger partial charge in [0.15, 0.2) is 11.7 Å². The van der Waals surface area contributed by atoms with E-state index < -0.39 is 11.9 Å². The van der Waals surface area contributed by atoms with Gasteiger partial charge in [-0.15, -0.1) is 35.3 Å². The molecule has 0 saturated carbocycles. The molecule has 1 heterocycles. The van der Waals surface area contributed by atoms with Crippen molar-refractivity contribution in [2.75, 3.05) is 11.9 Å². The largest absolute Gasteiger partial charge is 0.434 e. The van der Waals surface area contributed by atoms with Crippen LogP contribution < -0.4 is 11.1 Å². The Hall–Kier alpha value is -1.36. The second-order valence-electron chi connectivity index (χ2n) is 4.64. The second-order valence-corrected chi connectivity index (χ2v) is 5.58. The van der Waals surface area contributed by atoms with Crippen molar-refractivity contribution in [3.05, 3.63) is 45.9 Å². The zero-order chi connectivity index (χ0) is 16.2. The Balaban J connectivity index is 0.00000264. The number of nitrogens with one attached hydrogen (secondary N) is 1. The number of aryl methyl sites for hydroxylation is 1. The van der Waals surface area contributed by atoms with Crippen LogP contribution in [0.25, 0.3) is 0 Å². The highest BCUT2D eigenvalue weighted by Gasteiger charge is 2.33. The zero-order valence-electron chi connectivity index (χ0n) is 12.2. The molecule has 0 unspecified atom stereocenters. The minimum Gasteiger partial charge on any atom is -0.370 e. The maximum Gasteiger partial charge on any atom is 0.434 e. The molecule has 0 spiro atoms. The fourth-order valence-corrected chi connectivity index (χ4v) is 2.53. The SMILES string of the molecule is Cc1cccc(NC(N)=NCCc2nc(C(F)(F)F)cs2)c1.I. The summed E-state index contributed by atoms with van der Waals surface area (Å²) in [6, 6.07) is 7.61. The molecule has 2 aromatic rings. The van der Waals surface area contributed by atoms with Crippen molar-refractivity contribution in [2.24, 2.45) is 10.7 Å². The van der Waals surface area contributed by atoms with Crippen molar-refractivity contribution in [1.82, 2.24) is 4.98 Å². The molecular formula is C14H16F3IN4S. The molecular weight excluding hydrogens is 440 g/mol. The number of alkyl halides is 3. The molecule has 0 radical (unpaired) electrons. The minimum absolute atomic E-state index is 0. The summed E-state index contributed by atoms with van der Waals surface area (Å²) in [5.41, 5.74) is 6.78. The number of guanidine groups is 1. The number of nitrogens with zero attached hydrogens (tertiary/aromatic N) is 2. The maximum atomic E-state index is 12.4. The van der Waals surface area contributed by atoms with Gasteiger partial charge < -0.3 is 11.1 Å². The molecule has 23 heavy (non-hydrogen) atoms. The third-order valence-electron chi connectivity index (χ3n) is 2.74. The van der Waals surface area contributed by atoms with Gasteiger partial charge in [0, 0.05) is 24.0 Å². The van der Waals surface area contributed by atoms with Gasteiger partial charge >= 0.3 is 6.18 Å². The number of rotatable bonds is 4. The summed E-state index contributed by atoms with van der Waals surface area (Å²) in [7, 11) is 0. The average Bonchev–Trinajstić information content (AvgIpc) is 2.87. The first-order chi connectivity index (χ1) is 10.3. The van der Waals surface area contributed by atoms with Crippen LogP contribution in [0.15, 0.2) is 34.6 Å². The Kier molecular flexibility index (Phi) is 7.26. The molecule has 0 aliphatic rings. The highest BCUT2D eigenvalue weighted by Crippen LogP contribution is 2.30. The maximum absolute atomic E-state index is 12.4. The number of nitrogens with two attached hydrogens (primary N) is 1. The molecule has 0 fully saturated rings. The van der Waals surface area contributed by atoms with Crippen LogP contribution >= 0.6 is 35.3 Å². The zero-order valence-corrected chi connectivity index (χ0v) is 15.4. The third kappa shape index (κ3) is 6.34. The van der Waals surface area contributed by atoms with Gasteiger partial charge in [-0.3, -0.25) is 4.99 Å². The minimum atomic E-state index is -4.40. The Bertz CT molecular complexity index is 670. The molecule has 1 aromatic carbocycles. The number of aliphatic imine (C=N–C) groups is 1. The standard InChI is InChI=1S/C14H15F3N4S.HI/c1-9-3-2-4-10(7-9)20-13(18)19-6-5-12-21-11(8-22-12)14(15,16)17;/h2-4,7-8H,5-6H2,1H3,(H3,18,19,20);1H. The van der Waals surface area contributed by atoms with Crippen LogP contribution in [0.2, 0.25) is 0 Å². The average molecular weight is 456 g/mol. The molecule has 3 N–H and O–H groups in total. The predicted octanol–water partition coefficient (Wildman–Crippen LogP) is 4.06. The van der Waals surface area contributed by atoms with E-state index in [-0.39, 0.29) is 36.5 Å². The van der Waals surface area contributed by atoms with E-state index in [4.69, 9.17) is 5.73 Å². The molecule has 0 amide bonds. The molecule has 2 rings (SSSR count). The van der Waals surface area contributed by atoms with Crippen LogP contribution in [0.1, 0.15) is 16.3 Å².